The quantitative estimate of drug-likeness (QED) is 0.522. The molecular weight excluding hydrogens is 423 g/mol. The van der Waals surface area contributed by atoms with Crippen LogP contribution in [0.1, 0.15) is 15.3 Å². The van der Waals surface area contributed by atoms with Crippen molar-refractivity contribution in [2.45, 2.75) is 4.83 Å². The molecule has 0 N–H and O–H groups in total. The first-order valence-electron chi connectivity index (χ1n) is 4.41. The van der Waals surface area contributed by atoms with E-state index in [4.69, 9.17) is 0 Å². The van der Waals surface area contributed by atoms with E-state index in [1.807, 2.05) is 11.4 Å². The van der Waals surface area contributed by atoms with Crippen LogP contribution in [0.15, 0.2) is 38.6 Å². The average Bonchev–Trinajstić information content (AvgIpc) is 2.63. The average molecular weight is 429 g/mol. The zero-order valence-electron chi connectivity index (χ0n) is 7.88. The van der Waals surface area contributed by atoms with Crippen molar-refractivity contribution in [3.05, 3.63) is 54.8 Å². The van der Waals surface area contributed by atoms with Gasteiger partial charge in [-0.1, -0.05) is 37.9 Å². The summed E-state index contributed by atoms with van der Waals surface area (Å²) >= 11 is 12.2. The number of hydrogen-bond donors (Lipinski definition) is 0. The number of hydrogen-bond acceptors (Lipinski definition) is 1. The molecule has 0 bridgehead atoms. The van der Waals surface area contributed by atoms with Gasteiger partial charge in [0.15, 0.2) is 0 Å². The lowest BCUT2D eigenvalue weighted by Crippen LogP contribution is -1.92. The van der Waals surface area contributed by atoms with Crippen LogP contribution in [-0.2, 0) is 0 Å². The maximum Gasteiger partial charge on any atom is 0.124 e. The second-order valence-electron chi connectivity index (χ2n) is 3.16. The van der Waals surface area contributed by atoms with E-state index < -0.39 is 0 Å². The van der Waals surface area contributed by atoms with Crippen LogP contribution in [0.5, 0.6) is 0 Å². The minimum atomic E-state index is -0.236. The predicted molar refractivity (Wildman–Crippen MR) is 76.9 cm³/mol. The molecule has 1 aromatic carbocycles. The lowest BCUT2D eigenvalue weighted by atomic mass is 10.1. The van der Waals surface area contributed by atoms with Crippen molar-refractivity contribution < 1.29 is 4.39 Å². The Bertz CT molecular complexity index is 510. The third-order valence-electron chi connectivity index (χ3n) is 2.11. The fraction of sp³-hybridized carbons (Fsp3) is 0.0909. The molecule has 0 aliphatic heterocycles. The van der Waals surface area contributed by atoms with Crippen molar-refractivity contribution in [3.63, 3.8) is 0 Å². The standard InChI is InChI=1S/C11H6Br3FS/c12-8-3-4-16-11(8)10(14)7-2-1-6(15)5-9(7)13/h1-5,10H. The van der Waals surface area contributed by atoms with Gasteiger partial charge in [0.05, 0.1) is 4.83 Å². The highest BCUT2D eigenvalue weighted by atomic mass is 79.9. The smallest absolute Gasteiger partial charge is 0.124 e. The summed E-state index contributed by atoms with van der Waals surface area (Å²) in [7, 11) is 0. The van der Waals surface area contributed by atoms with Crippen molar-refractivity contribution in [1.82, 2.24) is 0 Å². The third-order valence-corrected chi connectivity index (χ3v) is 5.99. The zero-order valence-corrected chi connectivity index (χ0v) is 13.5. The molecule has 0 aliphatic carbocycles. The molecule has 0 saturated carbocycles. The first-order chi connectivity index (χ1) is 7.59. The molecule has 0 fully saturated rings. The second-order valence-corrected chi connectivity index (χ2v) is 6.73. The van der Waals surface area contributed by atoms with E-state index >= 15 is 0 Å². The zero-order chi connectivity index (χ0) is 11.7. The highest BCUT2D eigenvalue weighted by Crippen LogP contribution is 2.41. The molecule has 0 nitrogen and oxygen atoms in total. The Morgan fingerprint density at radius 1 is 1.12 bits per heavy atom. The Balaban J connectivity index is 2.41. The Hall–Kier alpha value is 0.290. The van der Waals surface area contributed by atoms with E-state index in [2.05, 4.69) is 47.8 Å². The Kier molecular flexibility index (Phi) is 4.21. The van der Waals surface area contributed by atoms with Crippen LogP contribution in [0.25, 0.3) is 0 Å². The largest absolute Gasteiger partial charge is 0.207 e. The summed E-state index contributed by atoms with van der Waals surface area (Å²) in [6, 6.07) is 6.73. The molecule has 2 rings (SSSR count). The van der Waals surface area contributed by atoms with Crippen LogP contribution in [0.4, 0.5) is 4.39 Å². The summed E-state index contributed by atoms with van der Waals surface area (Å²) < 4.78 is 14.8. The molecule has 2 aromatic rings. The monoisotopic (exact) mass is 426 g/mol. The fourth-order valence-electron chi connectivity index (χ4n) is 1.33. The first kappa shape index (κ1) is 12.7. The van der Waals surface area contributed by atoms with Crippen molar-refractivity contribution in [2.75, 3.05) is 0 Å². The van der Waals surface area contributed by atoms with E-state index in [1.165, 1.54) is 17.0 Å². The van der Waals surface area contributed by atoms with E-state index in [-0.39, 0.29) is 10.6 Å². The molecule has 0 radical (unpaired) electrons. The van der Waals surface area contributed by atoms with Crippen molar-refractivity contribution in [3.8, 4) is 0 Å². The number of alkyl halides is 1. The van der Waals surface area contributed by atoms with Gasteiger partial charge in [-0.2, -0.15) is 0 Å². The molecular formula is C11H6Br3FS. The van der Waals surface area contributed by atoms with Gasteiger partial charge in [0.1, 0.15) is 5.82 Å². The van der Waals surface area contributed by atoms with Crippen molar-refractivity contribution in [2.24, 2.45) is 0 Å². The van der Waals surface area contributed by atoms with E-state index in [1.54, 1.807) is 17.4 Å². The number of rotatable bonds is 2. The van der Waals surface area contributed by atoms with Gasteiger partial charge < -0.3 is 0 Å². The van der Waals surface area contributed by atoms with Gasteiger partial charge in [-0.3, -0.25) is 0 Å². The van der Waals surface area contributed by atoms with Crippen LogP contribution in [0.2, 0.25) is 0 Å². The SMILES string of the molecule is Fc1ccc(C(Br)c2sccc2Br)c(Br)c1. The van der Waals surface area contributed by atoms with Gasteiger partial charge in [0.2, 0.25) is 0 Å². The van der Waals surface area contributed by atoms with Gasteiger partial charge in [-0.25, -0.2) is 4.39 Å². The highest BCUT2D eigenvalue weighted by molar-refractivity contribution is 9.11. The van der Waals surface area contributed by atoms with E-state index in [9.17, 15) is 4.39 Å². The van der Waals surface area contributed by atoms with Crippen LogP contribution in [0.3, 0.4) is 0 Å². The minimum Gasteiger partial charge on any atom is -0.207 e. The third kappa shape index (κ3) is 2.58. The van der Waals surface area contributed by atoms with E-state index in [0.717, 1.165) is 14.5 Å². The van der Waals surface area contributed by atoms with Crippen LogP contribution < -0.4 is 0 Å². The highest BCUT2D eigenvalue weighted by Gasteiger charge is 2.17. The second kappa shape index (κ2) is 5.29. The summed E-state index contributed by atoms with van der Waals surface area (Å²) in [6.45, 7) is 0. The summed E-state index contributed by atoms with van der Waals surface area (Å²) in [5.74, 6) is -0.236. The Morgan fingerprint density at radius 2 is 1.88 bits per heavy atom. The molecule has 5 heteroatoms. The lowest BCUT2D eigenvalue weighted by molar-refractivity contribution is 0.626. The molecule has 1 unspecified atom stereocenters. The summed E-state index contributed by atoms with van der Waals surface area (Å²) in [5.41, 5.74) is 1.02. The number of thiophene rings is 1. The number of halogens is 4. The normalized spacial score (nSPS) is 12.8. The van der Waals surface area contributed by atoms with Crippen molar-refractivity contribution in [1.29, 1.82) is 0 Å². The molecule has 0 amide bonds. The minimum absolute atomic E-state index is 0.0665. The van der Waals surface area contributed by atoms with Gasteiger partial charge in [0.25, 0.3) is 0 Å². The summed E-state index contributed by atoms with van der Waals surface area (Å²) in [6.07, 6.45) is 0. The Morgan fingerprint density at radius 3 is 2.44 bits per heavy atom. The van der Waals surface area contributed by atoms with Gasteiger partial charge in [-0.15, -0.1) is 11.3 Å². The number of benzene rings is 1. The first-order valence-corrected chi connectivity index (χ1v) is 7.79. The predicted octanol–water partition coefficient (Wildman–Crippen LogP) is 5.90. The maximum atomic E-state index is 13.0. The van der Waals surface area contributed by atoms with Gasteiger partial charge in [-0.05, 0) is 45.1 Å². The van der Waals surface area contributed by atoms with Gasteiger partial charge in [0, 0.05) is 13.8 Å². The molecule has 0 spiro atoms. The molecule has 16 heavy (non-hydrogen) atoms. The van der Waals surface area contributed by atoms with Gasteiger partial charge >= 0.3 is 0 Å². The summed E-state index contributed by atoms with van der Waals surface area (Å²) in [4.78, 5) is 1.24. The molecule has 1 heterocycles. The fourth-order valence-corrected chi connectivity index (χ4v) is 5.09. The van der Waals surface area contributed by atoms with E-state index in [0.29, 0.717) is 0 Å². The van der Waals surface area contributed by atoms with Crippen LogP contribution in [-0.4, -0.2) is 0 Å². The topological polar surface area (TPSA) is 0 Å². The molecule has 84 valence electrons. The molecule has 0 saturated heterocycles. The van der Waals surface area contributed by atoms with Crippen molar-refractivity contribution >= 4 is 59.1 Å². The molecule has 1 aromatic heterocycles. The van der Waals surface area contributed by atoms with Crippen LogP contribution in [0, 0.1) is 5.82 Å². The summed E-state index contributed by atoms with van der Waals surface area (Å²) in [5, 5.41) is 2.02. The lowest BCUT2D eigenvalue weighted by Gasteiger charge is -2.11. The molecule has 1 atom stereocenters. The molecule has 0 aliphatic rings. The Labute approximate surface area is 122 Å². The maximum absolute atomic E-state index is 13.0. The van der Waals surface area contributed by atoms with Crippen LogP contribution >= 0.6 is 59.1 Å².